The van der Waals surface area contributed by atoms with Crippen molar-refractivity contribution in [1.82, 2.24) is 5.32 Å². The molecule has 0 aliphatic heterocycles. The molecule has 0 rings (SSSR count). The number of primary amides is 1. The summed E-state index contributed by atoms with van der Waals surface area (Å²) in [6, 6.07) is -0.233. The van der Waals surface area contributed by atoms with Gasteiger partial charge in [-0.15, -0.1) is 0 Å². The summed E-state index contributed by atoms with van der Waals surface area (Å²) in [6.07, 6.45) is 3.25. The van der Waals surface area contributed by atoms with Crippen LogP contribution in [0.15, 0.2) is 0 Å². The Morgan fingerprint density at radius 3 is 2.32 bits per heavy atom. The number of carbonyl (C=O) groups excluding carboxylic acids is 1. The average Bonchev–Trinajstić information content (AvgIpc) is 2.25. The summed E-state index contributed by atoms with van der Waals surface area (Å²) in [5.74, 6) is -0.290. The summed E-state index contributed by atoms with van der Waals surface area (Å²) < 4.78 is 6.10. The van der Waals surface area contributed by atoms with E-state index in [0.717, 1.165) is 32.4 Å². The van der Waals surface area contributed by atoms with E-state index in [-0.39, 0.29) is 17.0 Å². The first-order valence-corrected chi connectivity index (χ1v) is 10.2. The van der Waals surface area contributed by atoms with Gasteiger partial charge in [-0.05, 0) is 50.9 Å². The summed E-state index contributed by atoms with van der Waals surface area (Å²) in [7, 11) is -1.58. The molecule has 0 unspecified atom stereocenters. The molecule has 0 aliphatic carbocycles. The van der Waals surface area contributed by atoms with E-state index >= 15 is 0 Å². The lowest BCUT2D eigenvalue weighted by molar-refractivity contribution is -0.119. The second kappa shape index (κ2) is 8.02. The first-order valence-electron chi connectivity index (χ1n) is 7.24. The van der Waals surface area contributed by atoms with Gasteiger partial charge in [0.15, 0.2) is 8.32 Å². The molecule has 19 heavy (non-hydrogen) atoms. The van der Waals surface area contributed by atoms with Crippen molar-refractivity contribution in [1.29, 1.82) is 0 Å². The van der Waals surface area contributed by atoms with Crippen LogP contribution in [0.4, 0.5) is 0 Å². The van der Waals surface area contributed by atoms with Crippen molar-refractivity contribution in [3.05, 3.63) is 0 Å². The molecule has 1 amide bonds. The zero-order chi connectivity index (χ0) is 15.1. The summed E-state index contributed by atoms with van der Waals surface area (Å²) in [5, 5.41) is 3.39. The zero-order valence-electron chi connectivity index (χ0n) is 13.5. The second-order valence-electron chi connectivity index (χ2n) is 6.75. The van der Waals surface area contributed by atoms with Gasteiger partial charge in [0.2, 0.25) is 5.91 Å². The molecule has 0 radical (unpaired) electrons. The maximum Gasteiger partial charge on any atom is 0.234 e. The van der Waals surface area contributed by atoms with Crippen LogP contribution in [0.2, 0.25) is 18.1 Å². The van der Waals surface area contributed by atoms with E-state index in [4.69, 9.17) is 10.2 Å². The highest BCUT2D eigenvalue weighted by atomic mass is 28.4. The van der Waals surface area contributed by atoms with E-state index < -0.39 is 8.32 Å². The molecule has 0 bridgehead atoms. The van der Waals surface area contributed by atoms with E-state index in [2.05, 4.69) is 39.2 Å². The Kier molecular flexibility index (Phi) is 7.85. The van der Waals surface area contributed by atoms with Crippen molar-refractivity contribution in [3.8, 4) is 0 Å². The van der Waals surface area contributed by atoms with Gasteiger partial charge < -0.3 is 15.5 Å². The molecule has 1 atom stereocenters. The van der Waals surface area contributed by atoms with E-state index in [1.807, 2.05) is 0 Å². The van der Waals surface area contributed by atoms with E-state index in [1.54, 1.807) is 6.92 Å². The first kappa shape index (κ1) is 18.6. The smallest absolute Gasteiger partial charge is 0.234 e. The Morgan fingerprint density at radius 1 is 1.26 bits per heavy atom. The van der Waals surface area contributed by atoms with Gasteiger partial charge in [0.25, 0.3) is 0 Å². The maximum absolute atomic E-state index is 10.8. The first-order chi connectivity index (χ1) is 8.58. The number of nitrogens with one attached hydrogen (secondary N) is 1. The highest BCUT2D eigenvalue weighted by Gasteiger charge is 2.36. The largest absolute Gasteiger partial charge is 0.417 e. The van der Waals surface area contributed by atoms with Crippen LogP contribution in [-0.2, 0) is 9.22 Å². The molecular formula is C14H32N2O2Si. The van der Waals surface area contributed by atoms with E-state index in [9.17, 15) is 4.79 Å². The predicted molar refractivity (Wildman–Crippen MR) is 83.7 cm³/mol. The van der Waals surface area contributed by atoms with Crippen molar-refractivity contribution in [2.24, 2.45) is 5.73 Å². The highest BCUT2D eigenvalue weighted by Crippen LogP contribution is 2.36. The van der Waals surface area contributed by atoms with Crippen LogP contribution in [0.25, 0.3) is 0 Å². The predicted octanol–water partition coefficient (Wildman–Crippen LogP) is 2.64. The quantitative estimate of drug-likeness (QED) is 0.506. The number of unbranched alkanes of at least 4 members (excludes halogenated alkanes) is 2. The fraction of sp³-hybridized carbons (Fsp3) is 0.929. The third-order valence-electron chi connectivity index (χ3n) is 3.97. The monoisotopic (exact) mass is 288 g/mol. The standard InChI is InChI=1S/C14H32N2O2Si/c1-12(13(15)17)16-10-8-7-9-11-18-19(5,6)14(2,3)4/h12,16H,7-11H2,1-6H3,(H2,15,17)/t12-/m0/s1. The summed E-state index contributed by atoms with van der Waals surface area (Å²) in [5.41, 5.74) is 5.17. The SMILES string of the molecule is C[C@H](NCCCCCO[Si](C)(C)C(C)(C)C)C(N)=O. The summed E-state index contributed by atoms with van der Waals surface area (Å²) >= 11 is 0. The van der Waals surface area contributed by atoms with Crippen molar-refractivity contribution in [2.75, 3.05) is 13.2 Å². The Bertz CT molecular complexity index is 275. The number of carbonyl (C=O) groups is 1. The van der Waals surface area contributed by atoms with Gasteiger partial charge in [0.1, 0.15) is 0 Å². The lowest BCUT2D eigenvalue weighted by Crippen LogP contribution is -2.41. The van der Waals surface area contributed by atoms with E-state index in [1.165, 1.54) is 0 Å². The molecule has 0 saturated carbocycles. The molecule has 0 aromatic rings. The Labute approximate surface area is 119 Å². The number of hydrogen-bond acceptors (Lipinski definition) is 3. The molecule has 0 saturated heterocycles. The normalized spacial score (nSPS) is 14.4. The minimum Gasteiger partial charge on any atom is -0.417 e. The molecule has 0 spiro atoms. The van der Waals surface area contributed by atoms with Crippen molar-refractivity contribution < 1.29 is 9.22 Å². The van der Waals surface area contributed by atoms with Crippen LogP contribution < -0.4 is 11.1 Å². The third kappa shape index (κ3) is 7.70. The average molecular weight is 289 g/mol. The Morgan fingerprint density at radius 2 is 1.84 bits per heavy atom. The van der Waals surface area contributed by atoms with Crippen LogP contribution in [0.1, 0.15) is 47.0 Å². The number of nitrogens with two attached hydrogens (primary N) is 1. The molecule has 0 aromatic carbocycles. The minimum absolute atomic E-state index is 0.233. The Hall–Kier alpha value is -0.393. The van der Waals surface area contributed by atoms with Crippen molar-refractivity contribution >= 4 is 14.2 Å². The number of hydrogen-bond donors (Lipinski definition) is 2. The lowest BCUT2D eigenvalue weighted by atomic mass is 10.2. The molecule has 5 heteroatoms. The fourth-order valence-corrected chi connectivity index (χ4v) is 2.45. The minimum atomic E-state index is -1.58. The molecule has 0 aromatic heterocycles. The summed E-state index contributed by atoms with van der Waals surface area (Å²) in [6.45, 7) is 14.8. The van der Waals surface area contributed by atoms with Crippen LogP contribution in [-0.4, -0.2) is 33.4 Å². The van der Waals surface area contributed by atoms with Crippen LogP contribution in [0.5, 0.6) is 0 Å². The lowest BCUT2D eigenvalue weighted by Gasteiger charge is -2.36. The van der Waals surface area contributed by atoms with Gasteiger partial charge >= 0.3 is 0 Å². The third-order valence-corrected chi connectivity index (χ3v) is 8.51. The highest BCUT2D eigenvalue weighted by molar-refractivity contribution is 6.74. The van der Waals surface area contributed by atoms with Crippen LogP contribution >= 0.6 is 0 Å². The topological polar surface area (TPSA) is 64.3 Å². The maximum atomic E-state index is 10.8. The van der Waals surface area contributed by atoms with Gasteiger partial charge in [0.05, 0.1) is 6.04 Å². The van der Waals surface area contributed by atoms with Crippen molar-refractivity contribution in [3.63, 3.8) is 0 Å². The van der Waals surface area contributed by atoms with Gasteiger partial charge in [-0.1, -0.05) is 20.8 Å². The van der Waals surface area contributed by atoms with Gasteiger partial charge in [0, 0.05) is 6.61 Å². The fourth-order valence-electron chi connectivity index (χ4n) is 1.37. The number of rotatable bonds is 9. The second-order valence-corrected chi connectivity index (χ2v) is 11.6. The van der Waals surface area contributed by atoms with Crippen LogP contribution in [0, 0.1) is 0 Å². The number of amides is 1. The molecular weight excluding hydrogens is 256 g/mol. The molecule has 114 valence electrons. The zero-order valence-corrected chi connectivity index (χ0v) is 14.5. The van der Waals surface area contributed by atoms with Crippen molar-refractivity contribution in [2.45, 2.75) is 71.1 Å². The van der Waals surface area contributed by atoms with Gasteiger partial charge in [-0.3, -0.25) is 4.79 Å². The van der Waals surface area contributed by atoms with E-state index in [0.29, 0.717) is 0 Å². The molecule has 0 aliphatic rings. The molecule has 4 nitrogen and oxygen atoms in total. The van der Waals surface area contributed by atoms with Gasteiger partial charge in [-0.25, -0.2) is 0 Å². The molecule has 3 N–H and O–H groups in total. The van der Waals surface area contributed by atoms with Gasteiger partial charge in [-0.2, -0.15) is 0 Å². The Balaban J connectivity index is 3.59. The molecule has 0 heterocycles. The summed E-state index contributed by atoms with van der Waals surface area (Å²) in [4.78, 5) is 10.8. The van der Waals surface area contributed by atoms with Crippen LogP contribution in [0.3, 0.4) is 0 Å². The molecule has 0 fully saturated rings.